The number of hydrogen-bond donors (Lipinski definition) is 1. The fourth-order valence-corrected chi connectivity index (χ4v) is 2.96. The first-order chi connectivity index (χ1) is 13.6. The van der Waals surface area contributed by atoms with Gasteiger partial charge in [-0.25, -0.2) is 28.7 Å². The Morgan fingerprint density at radius 1 is 1.04 bits per heavy atom. The van der Waals surface area contributed by atoms with E-state index in [4.69, 9.17) is 4.74 Å². The molecule has 0 aliphatic heterocycles. The summed E-state index contributed by atoms with van der Waals surface area (Å²) < 4.78 is 33.4. The monoisotopic (exact) mass is 379 g/mol. The zero-order chi connectivity index (χ0) is 19.7. The zero-order valence-corrected chi connectivity index (χ0v) is 15.1. The van der Waals surface area contributed by atoms with E-state index in [0.29, 0.717) is 39.6 Å². The van der Waals surface area contributed by atoms with Crippen molar-refractivity contribution in [2.75, 3.05) is 19.5 Å². The fourth-order valence-electron chi connectivity index (χ4n) is 2.96. The van der Waals surface area contributed by atoms with Crippen LogP contribution in [0.25, 0.3) is 33.5 Å². The standard InChI is InChI=1S/C20H15F2N5O/c1-23-19-14-7-11(13-9-12(21)3-4-15(13)22)8-17(28-2)18(14)26-20(27-19)16-5-6-24-10-25-16/h3-10H,1-2H3,(H,23,26,27). The Kier molecular flexibility index (Phi) is 4.52. The first-order valence-electron chi connectivity index (χ1n) is 8.40. The van der Waals surface area contributed by atoms with E-state index in [9.17, 15) is 8.78 Å². The molecule has 0 spiro atoms. The van der Waals surface area contributed by atoms with Gasteiger partial charge in [-0.2, -0.15) is 0 Å². The molecule has 0 bridgehead atoms. The maximum absolute atomic E-state index is 14.3. The third-order valence-electron chi connectivity index (χ3n) is 4.27. The minimum Gasteiger partial charge on any atom is -0.494 e. The molecule has 140 valence electrons. The summed E-state index contributed by atoms with van der Waals surface area (Å²) in [5.41, 5.74) is 1.66. The number of nitrogens with zero attached hydrogens (tertiary/aromatic N) is 4. The predicted octanol–water partition coefficient (Wildman–Crippen LogP) is 4.08. The maximum atomic E-state index is 14.3. The number of hydrogen-bond acceptors (Lipinski definition) is 6. The first kappa shape index (κ1) is 17.7. The van der Waals surface area contributed by atoms with Gasteiger partial charge in [0, 0.05) is 24.2 Å². The Bertz CT molecular complexity index is 1170. The molecule has 4 aromatic rings. The topological polar surface area (TPSA) is 72.8 Å². The van der Waals surface area contributed by atoms with Crippen molar-refractivity contribution < 1.29 is 13.5 Å². The summed E-state index contributed by atoms with van der Waals surface area (Å²) in [6.07, 6.45) is 3.01. The van der Waals surface area contributed by atoms with Gasteiger partial charge in [-0.1, -0.05) is 0 Å². The lowest BCUT2D eigenvalue weighted by Crippen LogP contribution is -2.02. The van der Waals surface area contributed by atoms with E-state index in [1.165, 1.54) is 13.4 Å². The normalized spacial score (nSPS) is 10.9. The van der Waals surface area contributed by atoms with Gasteiger partial charge in [0.2, 0.25) is 0 Å². The summed E-state index contributed by atoms with van der Waals surface area (Å²) in [4.78, 5) is 17.1. The van der Waals surface area contributed by atoms with Gasteiger partial charge in [0.05, 0.1) is 7.11 Å². The SMILES string of the molecule is CNc1nc(-c2ccncn2)nc2c(OC)cc(-c3cc(F)ccc3F)cc12. The minimum absolute atomic E-state index is 0.127. The zero-order valence-electron chi connectivity index (χ0n) is 15.1. The van der Waals surface area contributed by atoms with Crippen LogP contribution in [-0.2, 0) is 0 Å². The highest BCUT2D eigenvalue weighted by Crippen LogP contribution is 2.36. The quantitative estimate of drug-likeness (QED) is 0.576. The van der Waals surface area contributed by atoms with Crippen molar-refractivity contribution in [1.29, 1.82) is 0 Å². The van der Waals surface area contributed by atoms with Crippen LogP contribution in [0.5, 0.6) is 5.75 Å². The minimum atomic E-state index is -0.535. The second kappa shape index (κ2) is 7.15. The molecule has 0 saturated heterocycles. The molecule has 2 aromatic carbocycles. The number of nitrogens with one attached hydrogen (secondary N) is 1. The third kappa shape index (κ3) is 3.09. The molecular formula is C20H15F2N5O. The number of halogens is 2. The number of aromatic nitrogens is 4. The Hall–Kier alpha value is -3.68. The number of anilines is 1. The van der Waals surface area contributed by atoms with Gasteiger partial charge in [0.25, 0.3) is 0 Å². The van der Waals surface area contributed by atoms with E-state index in [0.717, 1.165) is 18.2 Å². The summed E-state index contributed by atoms with van der Waals surface area (Å²) in [5.74, 6) is 0.246. The molecule has 0 saturated carbocycles. The lowest BCUT2D eigenvalue weighted by Gasteiger charge is -2.13. The van der Waals surface area contributed by atoms with Crippen molar-refractivity contribution in [2.24, 2.45) is 0 Å². The van der Waals surface area contributed by atoms with Crippen molar-refractivity contribution in [3.05, 3.63) is 60.6 Å². The molecule has 6 nitrogen and oxygen atoms in total. The summed E-state index contributed by atoms with van der Waals surface area (Å²) in [5, 5.41) is 3.63. The molecule has 2 heterocycles. The first-order valence-corrected chi connectivity index (χ1v) is 8.40. The van der Waals surface area contributed by atoms with Crippen molar-refractivity contribution >= 4 is 16.7 Å². The number of benzene rings is 2. The van der Waals surface area contributed by atoms with E-state index >= 15 is 0 Å². The molecule has 4 rings (SSSR count). The summed E-state index contributed by atoms with van der Waals surface area (Å²) in [7, 11) is 3.21. The lowest BCUT2D eigenvalue weighted by atomic mass is 10.0. The van der Waals surface area contributed by atoms with Gasteiger partial charge in [-0.15, -0.1) is 0 Å². The molecule has 1 N–H and O–H groups in total. The molecular weight excluding hydrogens is 364 g/mol. The Morgan fingerprint density at radius 3 is 2.61 bits per heavy atom. The highest BCUT2D eigenvalue weighted by molar-refractivity contribution is 5.97. The number of methoxy groups -OCH3 is 1. The van der Waals surface area contributed by atoms with E-state index in [1.807, 2.05) is 0 Å². The molecule has 0 fully saturated rings. The Labute approximate surface area is 159 Å². The van der Waals surface area contributed by atoms with Crippen LogP contribution in [0.1, 0.15) is 0 Å². The summed E-state index contributed by atoms with van der Waals surface area (Å²) in [6.45, 7) is 0. The largest absolute Gasteiger partial charge is 0.494 e. The van der Waals surface area contributed by atoms with E-state index in [2.05, 4.69) is 25.3 Å². The Morgan fingerprint density at radius 2 is 1.89 bits per heavy atom. The number of rotatable bonds is 4. The molecule has 28 heavy (non-hydrogen) atoms. The van der Waals surface area contributed by atoms with Gasteiger partial charge >= 0.3 is 0 Å². The van der Waals surface area contributed by atoms with Crippen molar-refractivity contribution in [3.63, 3.8) is 0 Å². The molecule has 8 heteroatoms. The van der Waals surface area contributed by atoms with Gasteiger partial charge < -0.3 is 10.1 Å². The smallest absolute Gasteiger partial charge is 0.181 e. The third-order valence-corrected chi connectivity index (χ3v) is 4.27. The van der Waals surface area contributed by atoms with Crippen LogP contribution in [0.4, 0.5) is 14.6 Å². The Balaban J connectivity index is 1.99. The highest BCUT2D eigenvalue weighted by atomic mass is 19.1. The van der Waals surface area contributed by atoms with Gasteiger partial charge in [0.15, 0.2) is 5.82 Å². The molecule has 0 unspecified atom stereocenters. The second-order valence-electron chi connectivity index (χ2n) is 5.94. The van der Waals surface area contributed by atoms with Crippen LogP contribution in [-0.4, -0.2) is 34.1 Å². The van der Waals surface area contributed by atoms with Crippen molar-refractivity contribution in [3.8, 4) is 28.4 Å². The average Bonchev–Trinajstić information content (AvgIpc) is 2.74. The van der Waals surface area contributed by atoms with Crippen LogP contribution in [0.3, 0.4) is 0 Å². The van der Waals surface area contributed by atoms with Crippen LogP contribution in [0.2, 0.25) is 0 Å². The van der Waals surface area contributed by atoms with E-state index in [-0.39, 0.29) is 5.56 Å². The molecule has 0 amide bonds. The molecule has 0 radical (unpaired) electrons. The maximum Gasteiger partial charge on any atom is 0.181 e. The molecule has 2 aromatic heterocycles. The predicted molar refractivity (Wildman–Crippen MR) is 102 cm³/mol. The van der Waals surface area contributed by atoms with E-state index in [1.54, 1.807) is 31.4 Å². The molecule has 0 atom stereocenters. The van der Waals surface area contributed by atoms with Gasteiger partial charge in [-0.05, 0) is 42.0 Å². The second-order valence-corrected chi connectivity index (χ2v) is 5.94. The van der Waals surface area contributed by atoms with Gasteiger partial charge in [-0.3, -0.25) is 0 Å². The van der Waals surface area contributed by atoms with Crippen LogP contribution >= 0.6 is 0 Å². The van der Waals surface area contributed by atoms with Crippen molar-refractivity contribution in [2.45, 2.75) is 0 Å². The fraction of sp³-hybridized carbons (Fsp3) is 0.100. The average molecular weight is 379 g/mol. The molecule has 0 aliphatic carbocycles. The van der Waals surface area contributed by atoms with Crippen LogP contribution in [0.15, 0.2) is 48.9 Å². The summed E-state index contributed by atoms with van der Waals surface area (Å²) >= 11 is 0. The van der Waals surface area contributed by atoms with Crippen LogP contribution < -0.4 is 10.1 Å². The van der Waals surface area contributed by atoms with Gasteiger partial charge in [0.1, 0.15) is 40.7 Å². The number of fused-ring (bicyclic) bond motifs is 1. The van der Waals surface area contributed by atoms with E-state index < -0.39 is 11.6 Å². The molecule has 0 aliphatic rings. The summed E-state index contributed by atoms with van der Waals surface area (Å²) in [6, 6.07) is 8.33. The highest BCUT2D eigenvalue weighted by Gasteiger charge is 2.17. The lowest BCUT2D eigenvalue weighted by molar-refractivity contribution is 0.419. The number of ether oxygens (including phenoxy) is 1. The van der Waals surface area contributed by atoms with Crippen molar-refractivity contribution in [1.82, 2.24) is 19.9 Å². The van der Waals surface area contributed by atoms with Crippen LogP contribution in [0, 0.1) is 11.6 Å².